The number of rotatable bonds is 5. The summed E-state index contributed by atoms with van der Waals surface area (Å²) in [5, 5.41) is 5.97. The van der Waals surface area contributed by atoms with Gasteiger partial charge in [0, 0.05) is 11.7 Å². The topological polar surface area (TPSA) is 87.7 Å². The van der Waals surface area contributed by atoms with Gasteiger partial charge in [0.25, 0.3) is 5.91 Å². The van der Waals surface area contributed by atoms with Crippen LogP contribution < -0.4 is 15.4 Å². The van der Waals surface area contributed by atoms with Crippen molar-refractivity contribution in [2.75, 3.05) is 12.4 Å². The van der Waals surface area contributed by atoms with Gasteiger partial charge in [0.2, 0.25) is 11.8 Å². The summed E-state index contributed by atoms with van der Waals surface area (Å²) in [7, 11) is 1.52. The van der Waals surface area contributed by atoms with Gasteiger partial charge in [-0.15, -0.1) is 0 Å². The van der Waals surface area contributed by atoms with Crippen LogP contribution in [0.3, 0.4) is 0 Å². The molecule has 1 heterocycles. The molecule has 2 N–H and O–H groups in total. The van der Waals surface area contributed by atoms with Crippen LogP contribution in [0.15, 0.2) is 42.5 Å². The Balaban J connectivity index is 1.62. The van der Waals surface area contributed by atoms with E-state index in [4.69, 9.17) is 4.74 Å². The highest BCUT2D eigenvalue weighted by Gasteiger charge is 2.46. The van der Waals surface area contributed by atoms with Crippen molar-refractivity contribution >= 4 is 23.4 Å². The molecule has 174 valence electrons. The lowest BCUT2D eigenvalue weighted by Gasteiger charge is -2.48. The summed E-state index contributed by atoms with van der Waals surface area (Å²) >= 11 is 0. The third-order valence-corrected chi connectivity index (χ3v) is 6.79. The number of carbonyl (C=O) groups excluding carboxylic acids is 3. The van der Waals surface area contributed by atoms with Crippen LogP contribution in [0, 0.1) is 13.8 Å². The van der Waals surface area contributed by atoms with Crippen molar-refractivity contribution in [3.05, 3.63) is 59.2 Å². The Morgan fingerprint density at radius 2 is 1.85 bits per heavy atom. The van der Waals surface area contributed by atoms with Crippen molar-refractivity contribution in [2.24, 2.45) is 0 Å². The number of carbonyl (C=O) groups is 3. The number of hydrogen-bond acceptors (Lipinski definition) is 4. The Labute approximate surface area is 194 Å². The molecule has 2 aliphatic rings. The number of nitrogens with zero attached hydrogens (tertiary/aromatic N) is 1. The highest BCUT2D eigenvalue weighted by molar-refractivity contribution is 6.03. The minimum atomic E-state index is -0.881. The molecule has 1 saturated heterocycles. The van der Waals surface area contributed by atoms with Crippen LogP contribution in [0.4, 0.5) is 5.69 Å². The first-order valence-corrected chi connectivity index (χ1v) is 11.5. The highest BCUT2D eigenvalue weighted by Crippen LogP contribution is 2.32. The molecule has 2 aromatic carbocycles. The monoisotopic (exact) mass is 449 g/mol. The van der Waals surface area contributed by atoms with E-state index in [1.165, 1.54) is 7.11 Å². The summed E-state index contributed by atoms with van der Waals surface area (Å²) in [5.74, 6) is -0.399. The van der Waals surface area contributed by atoms with E-state index in [0.29, 0.717) is 17.0 Å². The van der Waals surface area contributed by atoms with Crippen molar-refractivity contribution in [2.45, 2.75) is 64.1 Å². The summed E-state index contributed by atoms with van der Waals surface area (Å²) in [6, 6.07) is 11.6. The van der Waals surface area contributed by atoms with Gasteiger partial charge in [0.15, 0.2) is 0 Å². The van der Waals surface area contributed by atoms with Gasteiger partial charge in [-0.25, -0.2) is 0 Å². The number of fused-ring (bicyclic) bond motifs is 1. The molecule has 0 unspecified atom stereocenters. The van der Waals surface area contributed by atoms with Crippen LogP contribution >= 0.6 is 0 Å². The molecule has 2 fully saturated rings. The molecule has 7 nitrogen and oxygen atoms in total. The summed E-state index contributed by atoms with van der Waals surface area (Å²) in [5.41, 5.74) is 3.29. The van der Waals surface area contributed by atoms with E-state index in [1.807, 2.05) is 32.0 Å². The average molecular weight is 450 g/mol. The van der Waals surface area contributed by atoms with Crippen LogP contribution in [0.5, 0.6) is 5.75 Å². The summed E-state index contributed by atoms with van der Waals surface area (Å²) in [6.07, 6.45) is 3.50. The largest absolute Gasteiger partial charge is 0.496 e. The van der Waals surface area contributed by atoms with E-state index in [1.54, 1.807) is 29.2 Å². The molecule has 0 bridgehead atoms. The lowest BCUT2D eigenvalue weighted by atomic mass is 9.84. The molecule has 0 aromatic heterocycles. The van der Waals surface area contributed by atoms with Crippen molar-refractivity contribution in [3.8, 4) is 5.75 Å². The van der Waals surface area contributed by atoms with Gasteiger partial charge in [0.05, 0.1) is 25.1 Å². The molecule has 1 aliphatic carbocycles. The number of hydrogen-bond donors (Lipinski definition) is 2. The average Bonchev–Trinajstić information content (AvgIpc) is 2.81. The lowest BCUT2D eigenvalue weighted by Crippen LogP contribution is -2.68. The lowest BCUT2D eigenvalue weighted by molar-refractivity contribution is -0.135. The Morgan fingerprint density at radius 1 is 1.09 bits per heavy atom. The number of para-hydroxylation sites is 1. The molecule has 3 amide bonds. The second-order valence-electron chi connectivity index (χ2n) is 8.95. The normalized spacial score (nSPS) is 22.2. The molecule has 7 heteroatoms. The zero-order chi connectivity index (χ0) is 23.5. The predicted molar refractivity (Wildman–Crippen MR) is 126 cm³/mol. The second kappa shape index (κ2) is 9.65. The molecule has 1 aliphatic heterocycles. The number of methoxy groups -OCH3 is 1. The second-order valence-corrected chi connectivity index (χ2v) is 8.95. The zero-order valence-electron chi connectivity index (χ0n) is 19.4. The van der Waals surface area contributed by atoms with E-state index in [0.717, 1.165) is 36.8 Å². The molecule has 33 heavy (non-hydrogen) atoms. The number of aryl methyl sites for hydroxylation is 2. The number of amides is 3. The number of anilines is 1. The summed E-state index contributed by atoms with van der Waals surface area (Å²) < 4.78 is 5.41. The fraction of sp³-hybridized carbons (Fsp3) is 0.423. The van der Waals surface area contributed by atoms with E-state index >= 15 is 0 Å². The fourth-order valence-electron chi connectivity index (χ4n) is 4.90. The van der Waals surface area contributed by atoms with Crippen molar-refractivity contribution in [3.63, 3.8) is 0 Å². The summed E-state index contributed by atoms with van der Waals surface area (Å²) in [4.78, 5) is 41.5. The SMILES string of the molecule is COc1ccccc1C(=O)N1[C@H](CC(=O)Nc2ccc(C)c(C)c2)C(=O)N[C@@H]2CCCC[C@@H]21. The van der Waals surface area contributed by atoms with E-state index in [-0.39, 0.29) is 36.2 Å². The number of piperazine rings is 1. The minimum Gasteiger partial charge on any atom is -0.496 e. The van der Waals surface area contributed by atoms with Crippen LogP contribution in [-0.2, 0) is 9.59 Å². The number of nitrogens with one attached hydrogen (secondary N) is 2. The maximum absolute atomic E-state index is 13.7. The van der Waals surface area contributed by atoms with Crippen molar-refractivity contribution in [1.82, 2.24) is 10.2 Å². The molecule has 3 atom stereocenters. The van der Waals surface area contributed by atoms with Crippen molar-refractivity contribution in [1.29, 1.82) is 0 Å². The Kier molecular flexibility index (Phi) is 6.67. The molecule has 0 spiro atoms. The fourth-order valence-corrected chi connectivity index (χ4v) is 4.90. The Bertz CT molecular complexity index is 1070. The number of ether oxygens (including phenoxy) is 1. The Morgan fingerprint density at radius 3 is 2.61 bits per heavy atom. The molecular weight excluding hydrogens is 418 g/mol. The minimum absolute atomic E-state index is 0.0935. The maximum atomic E-state index is 13.7. The standard InChI is InChI=1S/C26H31N3O4/c1-16-12-13-18(14-17(16)2)27-24(30)15-22-25(31)28-20-9-5-6-10-21(20)29(22)26(32)19-8-4-7-11-23(19)33-3/h4,7-8,11-14,20-22H,5-6,9-10,15H2,1-3H3,(H,27,30)(H,28,31)/t20-,21+,22-/m1/s1. The van der Waals surface area contributed by atoms with E-state index in [2.05, 4.69) is 10.6 Å². The third kappa shape index (κ3) is 4.72. The van der Waals surface area contributed by atoms with Crippen LogP contribution in [0.2, 0.25) is 0 Å². The van der Waals surface area contributed by atoms with Gasteiger partial charge in [-0.2, -0.15) is 0 Å². The van der Waals surface area contributed by atoms with Crippen molar-refractivity contribution < 1.29 is 19.1 Å². The Hall–Kier alpha value is -3.35. The summed E-state index contributed by atoms with van der Waals surface area (Å²) in [6.45, 7) is 3.99. The predicted octanol–water partition coefficient (Wildman–Crippen LogP) is 3.59. The van der Waals surface area contributed by atoms with Gasteiger partial charge in [-0.3, -0.25) is 14.4 Å². The van der Waals surface area contributed by atoms with Gasteiger partial charge >= 0.3 is 0 Å². The first kappa shape index (κ1) is 22.8. The zero-order valence-corrected chi connectivity index (χ0v) is 19.4. The van der Waals surface area contributed by atoms with Crippen LogP contribution in [-0.4, -0.2) is 47.9 Å². The molecular formula is C26H31N3O4. The first-order valence-electron chi connectivity index (χ1n) is 11.5. The molecule has 2 aromatic rings. The van der Waals surface area contributed by atoms with Crippen LogP contribution in [0.25, 0.3) is 0 Å². The maximum Gasteiger partial charge on any atom is 0.258 e. The van der Waals surface area contributed by atoms with E-state index < -0.39 is 6.04 Å². The number of benzene rings is 2. The van der Waals surface area contributed by atoms with Gasteiger partial charge in [-0.05, 0) is 62.1 Å². The molecule has 4 rings (SSSR count). The third-order valence-electron chi connectivity index (χ3n) is 6.79. The quantitative estimate of drug-likeness (QED) is 0.730. The molecule has 1 saturated carbocycles. The van der Waals surface area contributed by atoms with Crippen LogP contribution in [0.1, 0.15) is 53.6 Å². The smallest absolute Gasteiger partial charge is 0.258 e. The van der Waals surface area contributed by atoms with Gasteiger partial charge < -0.3 is 20.3 Å². The van der Waals surface area contributed by atoms with Gasteiger partial charge in [-0.1, -0.05) is 31.0 Å². The van der Waals surface area contributed by atoms with Gasteiger partial charge in [0.1, 0.15) is 11.8 Å². The molecule has 0 radical (unpaired) electrons. The first-order chi connectivity index (χ1) is 15.9. The van der Waals surface area contributed by atoms with E-state index in [9.17, 15) is 14.4 Å². The highest BCUT2D eigenvalue weighted by atomic mass is 16.5.